The Morgan fingerprint density at radius 1 is 1.38 bits per heavy atom. The maximum atomic E-state index is 10.9. The molecule has 1 aromatic carbocycles. The molecule has 0 bridgehead atoms. The van der Waals surface area contributed by atoms with Gasteiger partial charge in [0.2, 0.25) is 0 Å². The number of hydrogen-bond donors (Lipinski definition) is 1. The number of aliphatic carboxylic acids is 1. The minimum Gasteiger partial charge on any atom is -0.535 e. The second kappa shape index (κ2) is 4.98. The lowest BCUT2D eigenvalue weighted by atomic mass is 9.97. The normalized spacial score (nSPS) is 12.0. The van der Waals surface area contributed by atoms with Gasteiger partial charge in [-0.2, -0.15) is 0 Å². The minimum absolute atomic E-state index is 0.0923. The van der Waals surface area contributed by atoms with Crippen molar-refractivity contribution in [1.29, 1.82) is 0 Å². The predicted molar refractivity (Wildman–Crippen MR) is 63.0 cm³/mol. The van der Waals surface area contributed by atoms with Crippen LogP contribution in [0.2, 0.25) is 0 Å². The molecule has 4 heteroatoms. The van der Waals surface area contributed by atoms with E-state index in [0.29, 0.717) is 5.57 Å². The summed E-state index contributed by atoms with van der Waals surface area (Å²) < 4.78 is 4.71. The zero-order valence-electron chi connectivity index (χ0n) is 9.50. The van der Waals surface area contributed by atoms with Crippen molar-refractivity contribution in [1.82, 2.24) is 0 Å². The van der Waals surface area contributed by atoms with Gasteiger partial charge in [-0.1, -0.05) is 18.2 Å². The van der Waals surface area contributed by atoms with Gasteiger partial charge in [-0.15, -0.1) is 0 Å². The van der Waals surface area contributed by atoms with E-state index in [1.807, 2.05) is 32.0 Å². The highest BCUT2D eigenvalue weighted by Crippen LogP contribution is 2.24. The van der Waals surface area contributed by atoms with Gasteiger partial charge >= 0.3 is 16.5 Å². The van der Waals surface area contributed by atoms with Gasteiger partial charge in [0.1, 0.15) is 0 Å². The molecule has 0 unspecified atom stereocenters. The van der Waals surface area contributed by atoms with Crippen molar-refractivity contribution < 1.29 is 14.3 Å². The van der Waals surface area contributed by atoms with Crippen molar-refractivity contribution in [2.24, 2.45) is 0 Å². The molecule has 3 radical (unpaired) electrons. The van der Waals surface area contributed by atoms with E-state index in [1.54, 1.807) is 6.92 Å². The molecule has 0 aliphatic rings. The molecular formula is C12H13O3Si. The fourth-order valence-corrected chi connectivity index (χ4v) is 1.80. The third-order valence-electron chi connectivity index (χ3n) is 2.65. The van der Waals surface area contributed by atoms with Crippen molar-refractivity contribution in [3.63, 3.8) is 0 Å². The number of carbonyl (C=O) groups is 1. The Hall–Kier alpha value is -1.55. The highest BCUT2D eigenvalue weighted by Gasteiger charge is 2.14. The average Bonchev–Trinajstić information content (AvgIpc) is 2.22. The summed E-state index contributed by atoms with van der Waals surface area (Å²) in [5.74, 6) is -1.18. The first-order valence-electron chi connectivity index (χ1n) is 4.83. The lowest BCUT2D eigenvalue weighted by Crippen LogP contribution is -2.06. The summed E-state index contributed by atoms with van der Waals surface area (Å²) in [5, 5.41) is 8.95. The third-order valence-corrected chi connectivity index (χ3v) is 2.85. The number of hydrogen-bond acceptors (Lipinski definition) is 2. The molecule has 16 heavy (non-hydrogen) atoms. The molecule has 0 saturated heterocycles. The topological polar surface area (TPSA) is 46.5 Å². The van der Waals surface area contributed by atoms with Crippen molar-refractivity contribution in [2.45, 2.75) is 20.8 Å². The number of allylic oxidation sites excluding steroid dienone is 1. The summed E-state index contributed by atoms with van der Waals surface area (Å²) in [6, 6.07) is 5.77. The van der Waals surface area contributed by atoms with Gasteiger partial charge in [0.05, 0.1) is 0 Å². The molecule has 1 N–H and O–H groups in total. The van der Waals surface area contributed by atoms with Crippen LogP contribution < -0.4 is 0 Å². The van der Waals surface area contributed by atoms with Crippen LogP contribution in [0.25, 0.3) is 5.57 Å². The Kier molecular flexibility index (Phi) is 3.90. The molecule has 0 aromatic heterocycles. The third kappa shape index (κ3) is 2.33. The zero-order chi connectivity index (χ0) is 12.3. The molecule has 0 spiro atoms. The minimum atomic E-state index is -1.09. The van der Waals surface area contributed by atoms with E-state index in [0.717, 1.165) is 16.7 Å². The maximum Gasteiger partial charge on any atom is 0.370 e. The zero-order valence-corrected chi connectivity index (χ0v) is 10.5. The quantitative estimate of drug-likeness (QED) is 0.494. The van der Waals surface area contributed by atoms with Crippen LogP contribution in [-0.4, -0.2) is 21.6 Å². The standard InChI is InChI=1S/C12H13O3Si/c1-7-5-4-6-10(8(7)2)9(3)11(15-16)12(13)14/h4-6H,1-3H3,(H,13,14). The first kappa shape index (κ1) is 12.5. The van der Waals surface area contributed by atoms with Crippen LogP contribution in [0.5, 0.6) is 0 Å². The van der Waals surface area contributed by atoms with Crippen LogP contribution in [-0.2, 0) is 9.22 Å². The smallest absolute Gasteiger partial charge is 0.370 e. The number of benzene rings is 1. The summed E-state index contributed by atoms with van der Waals surface area (Å²) >= 11 is 0. The summed E-state index contributed by atoms with van der Waals surface area (Å²) in [4.78, 5) is 10.9. The average molecular weight is 233 g/mol. The Bertz CT molecular complexity index is 450. The summed E-state index contributed by atoms with van der Waals surface area (Å²) in [6.07, 6.45) is 0. The summed E-state index contributed by atoms with van der Waals surface area (Å²) in [6.45, 7) is 5.67. The lowest BCUT2D eigenvalue weighted by Gasteiger charge is -2.11. The van der Waals surface area contributed by atoms with Gasteiger partial charge in [-0.05, 0) is 37.5 Å². The molecule has 0 saturated carbocycles. The second-order valence-corrected chi connectivity index (χ2v) is 3.81. The molecule has 0 fully saturated rings. The highest BCUT2D eigenvalue weighted by atomic mass is 28.2. The largest absolute Gasteiger partial charge is 0.535 e. The SMILES string of the molecule is CC(=C(O[Si])C(=O)O)c1cccc(C)c1C. The Balaban J connectivity index is 3.38. The molecule has 0 atom stereocenters. The van der Waals surface area contributed by atoms with Crippen LogP contribution in [0.15, 0.2) is 24.0 Å². The van der Waals surface area contributed by atoms with E-state index in [4.69, 9.17) is 9.53 Å². The molecule has 0 amide bonds. The second-order valence-electron chi connectivity index (χ2n) is 3.61. The Morgan fingerprint density at radius 3 is 2.50 bits per heavy atom. The number of aryl methyl sites for hydroxylation is 1. The van der Waals surface area contributed by atoms with Crippen molar-refractivity contribution in [3.8, 4) is 0 Å². The predicted octanol–water partition coefficient (Wildman–Crippen LogP) is 2.22. The first-order valence-corrected chi connectivity index (χ1v) is 5.24. The molecule has 1 aromatic rings. The number of rotatable bonds is 3. The van der Waals surface area contributed by atoms with Crippen molar-refractivity contribution in [2.75, 3.05) is 0 Å². The molecule has 0 heterocycles. The van der Waals surface area contributed by atoms with Crippen LogP contribution in [0.1, 0.15) is 23.6 Å². The van der Waals surface area contributed by atoms with Crippen LogP contribution >= 0.6 is 0 Å². The Labute approximate surface area is 98.3 Å². The van der Waals surface area contributed by atoms with Gasteiger partial charge < -0.3 is 9.53 Å². The van der Waals surface area contributed by atoms with Crippen LogP contribution in [0.4, 0.5) is 0 Å². The first-order chi connectivity index (χ1) is 7.49. The fraction of sp³-hybridized carbons (Fsp3) is 0.250. The van der Waals surface area contributed by atoms with Crippen LogP contribution in [0.3, 0.4) is 0 Å². The summed E-state index contributed by atoms with van der Waals surface area (Å²) in [5.41, 5.74) is 3.66. The fourth-order valence-electron chi connectivity index (χ4n) is 1.56. The maximum absolute atomic E-state index is 10.9. The molecule has 0 aliphatic heterocycles. The van der Waals surface area contributed by atoms with E-state index in [1.165, 1.54) is 0 Å². The van der Waals surface area contributed by atoms with E-state index in [-0.39, 0.29) is 5.76 Å². The van der Waals surface area contributed by atoms with E-state index in [2.05, 4.69) is 10.5 Å². The molecule has 1 rings (SSSR count). The summed E-state index contributed by atoms with van der Waals surface area (Å²) in [7, 11) is 2.77. The van der Waals surface area contributed by atoms with Crippen LogP contribution in [0, 0.1) is 13.8 Å². The number of carboxylic acid groups (broad SMARTS) is 1. The van der Waals surface area contributed by atoms with E-state index in [9.17, 15) is 4.79 Å². The van der Waals surface area contributed by atoms with Gasteiger partial charge in [0.15, 0.2) is 5.76 Å². The monoisotopic (exact) mass is 233 g/mol. The van der Waals surface area contributed by atoms with Gasteiger partial charge in [-0.25, -0.2) is 4.79 Å². The number of carboxylic acids is 1. The molecule has 0 aliphatic carbocycles. The van der Waals surface area contributed by atoms with Crippen molar-refractivity contribution >= 4 is 22.0 Å². The molecular weight excluding hydrogens is 220 g/mol. The van der Waals surface area contributed by atoms with Gasteiger partial charge in [-0.3, -0.25) is 0 Å². The Morgan fingerprint density at radius 2 is 2.00 bits per heavy atom. The van der Waals surface area contributed by atoms with Gasteiger partial charge in [0.25, 0.3) is 0 Å². The van der Waals surface area contributed by atoms with E-state index < -0.39 is 5.97 Å². The molecule has 3 nitrogen and oxygen atoms in total. The highest BCUT2D eigenvalue weighted by molar-refractivity contribution is 6.05. The van der Waals surface area contributed by atoms with E-state index >= 15 is 0 Å². The molecule has 83 valence electrons. The van der Waals surface area contributed by atoms with Crippen molar-refractivity contribution in [3.05, 3.63) is 40.6 Å². The lowest BCUT2D eigenvalue weighted by molar-refractivity contribution is -0.134. The van der Waals surface area contributed by atoms with Gasteiger partial charge in [0, 0.05) is 5.57 Å².